The lowest BCUT2D eigenvalue weighted by Crippen LogP contribution is -2.39. The SMILES string of the molecule is O=C(O)c1ccc(CNCC2(O)CCCCCC2)c(Br)c1. The van der Waals surface area contributed by atoms with Crippen LogP contribution in [0.25, 0.3) is 0 Å². The lowest BCUT2D eigenvalue weighted by Gasteiger charge is -2.27. The zero-order chi connectivity index (χ0) is 15.3. The molecule has 0 aromatic heterocycles. The van der Waals surface area contributed by atoms with Crippen molar-refractivity contribution in [3.8, 4) is 0 Å². The summed E-state index contributed by atoms with van der Waals surface area (Å²) in [5.74, 6) is -0.928. The molecule has 21 heavy (non-hydrogen) atoms. The average Bonchev–Trinajstić information content (AvgIpc) is 2.65. The third-order valence-electron chi connectivity index (χ3n) is 4.10. The summed E-state index contributed by atoms with van der Waals surface area (Å²) >= 11 is 3.40. The highest BCUT2D eigenvalue weighted by molar-refractivity contribution is 9.10. The van der Waals surface area contributed by atoms with Gasteiger partial charge in [-0.15, -0.1) is 0 Å². The summed E-state index contributed by atoms with van der Waals surface area (Å²) in [6.07, 6.45) is 6.33. The van der Waals surface area contributed by atoms with Crippen molar-refractivity contribution in [1.29, 1.82) is 0 Å². The largest absolute Gasteiger partial charge is 0.478 e. The van der Waals surface area contributed by atoms with Crippen LogP contribution in [0.1, 0.15) is 54.4 Å². The molecule has 0 saturated heterocycles. The number of benzene rings is 1. The molecule has 0 amide bonds. The molecule has 1 saturated carbocycles. The molecule has 0 atom stereocenters. The van der Waals surface area contributed by atoms with Crippen molar-refractivity contribution < 1.29 is 15.0 Å². The Labute approximate surface area is 133 Å². The maximum absolute atomic E-state index is 10.9. The van der Waals surface area contributed by atoms with Gasteiger partial charge in [0.2, 0.25) is 0 Å². The average molecular weight is 356 g/mol. The maximum Gasteiger partial charge on any atom is 0.335 e. The Morgan fingerprint density at radius 1 is 1.24 bits per heavy atom. The van der Waals surface area contributed by atoms with Gasteiger partial charge in [0.25, 0.3) is 0 Å². The number of hydrogen-bond acceptors (Lipinski definition) is 3. The first kappa shape index (κ1) is 16.5. The predicted octanol–water partition coefficient (Wildman–Crippen LogP) is 3.32. The van der Waals surface area contributed by atoms with Gasteiger partial charge < -0.3 is 15.5 Å². The molecule has 5 heteroatoms. The highest BCUT2D eigenvalue weighted by atomic mass is 79.9. The van der Waals surface area contributed by atoms with Crippen molar-refractivity contribution in [2.75, 3.05) is 6.54 Å². The third kappa shape index (κ3) is 4.80. The van der Waals surface area contributed by atoms with Gasteiger partial charge in [-0.1, -0.05) is 47.7 Å². The number of carbonyl (C=O) groups is 1. The maximum atomic E-state index is 10.9. The summed E-state index contributed by atoms with van der Waals surface area (Å²) in [4.78, 5) is 10.9. The molecule has 1 aromatic carbocycles. The van der Waals surface area contributed by atoms with Crippen molar-refractivity contribution in [2.24, 2.45) is 0 Å². The van der Waals surface area contributed by atoms with E-state index in [4.69, 9.17) is 5.11 Å². The van der Waals surface area contributed by atoms with Crippen LogP contribution in [0.15, 0.2) is 22.7 Å². The minimum Gasteiger partial charge on any atom is -0.478 e. The monoisotopic (exact) mass is 355 g/mol. The first-order valence-corrected chi connectivity index (χ1v) is 8.24. The molecule has 1 aromatic rings. The molecule has 1 aliphatic rings. The topological polar surface area (TPSA) is 69.6 Å². The molecule has 2 rings (SSSR count). The Hall–Kier alpha value is -0.910. The van der Waals surface area contributed by atoms with E-state index in [0.29, 0.717) is 13.1 Å². The summed E-state index contributed by atoms with van der Waals surface area (Å²) < 4.78 is 0.780. The summed E-state index contributed by atoms with van der Waals surface area (Å²) in [5, 5.41) is 22.8. The van der Waals surface area contributed by atoms with Crippen molar-refractivity contribution >= 4 is 21.9 Å². The van der Waals surface area contributed by atoms with E-state index < -0.39 is 11.6 Å². The number of hydrogen-bond donors (Lipinski definition) is 3. The van der Waals surface area contributed by atoms with Crippen LogP contribution in [0, 0.1) is 0 Å². The van der Waals surface area contributed by atoms with Crippen molar-refractivity contribution in [3.05, 3.63) is 33.8 Å². The molecule has 1 fully saturated rings. The summed E-state index contributed by atoms with van der Waals surface area (Å²) in [6, 6.07) is 5.02. The van der Waals surface area contributed by atoms with Gasteiger partial charge in [0.1, 0.15) is 0 Å². The van der Waals surface area contributed by atoms with E-state index in [1.54, 1.807) is 18.2 Å². The second kappa shape index (κ2) is 7.38. The minimum absolute atomic E-state index is 0.271. The van der Waals surface area contributed by atoms with E-state index >= 15 is 0 Å². The molecular formula is C16H22BrNO3. The molecule has 0 aliphatic heterocycles. The Morgan fingerprint density at radius 2 is 1.90 bits per heavy atom. The van der Waals surface area contributed by atoms with Crippen molar-refractivity contribution in [2.45, 2.75) is 50.7 Å². The molecule has 1 aliphatic carbocycles. The van der Waals surface area contributed by atoms with E-state index in [1.807, 2.05) is 0 Å². The van der Waals surface area contributed by atoms with Gasteiger partial charge in [0, 0.05) is 17.6 Å². The van der Waals surface area contributed by atoms with Gasteiger partial charge in [-0.05, 0) is 30.5 Å². The lowest BCUT2D eigenvalue weighted by atomic mass is 9.94. The van der Waals surface area contributed by atoms with Gasteiger partial charge in [-0.2, -0.15) is 0 Å². The fourth-order valence-electron chi connectivity index (χ4n) is 2.82. The number of nitrogens with one attached hydrogen (secondary N) is 1. The molecule has 0 bridgehead atoms. The first-order valence-electron chi connectivity index (χ1n) is 7.45. The van der Waals surface area contributed by atoms with Crippen LogP contribution < -0.4 is 5.32 Å². The fraction of sp³-hybridized carbons (Fsp3) is 0.562. The van der Waals surface area contributed by atoms with E-state index in [2.05, 4.69) is 21.2 Å². The van der Waals surface area contributed by atoms with Crippen LogP contribution in [-0.4, -0.2) is 28.3 Å². The zero-order valence-electron chi connectivity index (χ0n) is 12.1. The second-order valence-electron chi connectivity index (χ2n) is 5.85. The fourth-order valence-corrected chi connectivity index (χ4v) is 3.34. The Bertz CT molecular complexity index is 496. The van der Waals surface area contributed by atoms with E-state index in [0.717, 1.165) is 35.7 Å². The summed E-state index contributed by atoms with van der Waals surface area (Å²) in [5.41, 5.74) is 0.675. The predicted molar refractivity (Wildman–Crippen MR) is 85.5 cm³/mol. The van der Waals surface area contributed by atoms with Crippen molar-refractivity contribution in [1.82, 2.24) is 5.32 Å². The molecule has 0 spiro atoms. The molecule has 0 radical (unpaired) electrons. The van der Waals surface area contributed by atoms with E-state index in [1.165, 1.54) is 12.8 Å². The number of halogens is 1. The van der Waals surface area contributed by atoms with Gasteiger partial charge in [-0.3, -0.25) is 0 Å². The summed E-state index contributed by atoms with van der Waals surface area (Å²) in [6.45, 7) is 1.20. The molecule has 0 heterocycles. The second-order valence-corrected chi connectivity index (χ2v) is 6.71. The zero-order valence-corrected chi connectivity index (χ0v) is 13.7. The normalized spacial score (nSPS) is 18.2. The van der Waals surface area contributed by atoms with Crippen LogP contribution in [0.3, 0.4) is 0 Å². The summed E-state index contributed by atoms with van der Waals surface area (Å²) in [7, 11) is 0. The minimum atomic E-state index is -0.928. The number of aromatic carboxylic acids is 1. The first-order chi connectivity index (χ1) is 10.0. The van der Waals surface area contributed by atoms with Gasteiger partial charge in [0.05, 0.1) is 11.2 Å². The molecular weight excluding hydrogens is 334 g/mol. The van der Waals surface area contributed by atoms with Crippen LogP contribution in [0.5, 0.6) is 0 Å². The number of aliphatic hydroxyl groups is 1. The number of rotatable bonds is 5. The van der Waals surface area contributed by atoms with Crippen molar-refractivity contribution in [3.63, 3.8) is 0 Å². The van der Waals surface area contributed by atoms with Crippen LogP contribution in [0.4, 0.5) is 0 Å². The van der Waals surface area contributed by atoms with Gasteiger partial charge >= 0.3 is 5.97 Å². The van der Waals surface area contributed by atoms with Crippen LogP contribution in [-0.2, 0) is 6.54 Å². The van der Waals surface area contributed by atoms with Crippen LogP contribution in [0.2, 0.25) is 0 Å². The molecule has 4 nitrogen and oxygen atoms in total. The molecule has 116 valence electrons. The smallest absolute Gasteiger partial charge is 0.335 e. The van der Waals surface area contributed by atoms with Crippen LogP contribution >= 0.6 is 15.9 Å². The highest BCUT2D eigenvalue weighted by Gasteiger charge is 2.27. The standard InChI is InChI=1S/C16H22BrNO3/c17-14-9-12(15(19)20)5-6-13(14)10-18-11-16(21)7-3-1-2-4-8-16/h5-6,9,18,21H,1-4,7-8,10-11H2,(H,19,20). The Morgan fingerprint density at radius 3 is 2.48 bits per heavy atom. The van der Waals surface area contributed by atoms with Gasteiger partial charge in [0.15, 0.2) is 0 Å². The van der Waals surface area contributed by atoms with E-state index in [9.17, 15) is 9.90 Å². The third-order valence-corrected chi connectivity index (χ3v) is 4.84. The quantitative estimate of drug-likeness (QED) is 0.708. The van der Waals surface area contributed by atoms with E-state index in [-0.39, 0.29) is 5.56 Å². The number of carboxylic acids is 1. The lowest BCUT2D eigenvalue weighted by molar-refractivity contribution is 0.0250. The highest BCUT2D eigenvalue weighted by Crippen LogP contribution is 2.26. The molecule has 3 N–H and O–H groups in total. The molecule has 0 unspecified atom stereocenters. The Balaban J connectivity index is 1.89. The number of carboxylic acid groups (broad SMARTS) is 1. The van der Waals surface area contributed by atoms with Gasteiger partial charge in [-0.25, -0.2) is 4.79 Å². The Kier molecular flexibility index (Phi) is 5.79.